The molecule has 0 heterocycles. The first kappa shape index (κ1) is 57.1. The fourth-order valence-corrected chi connectivity index (χ4v) is 7.62. The molecule has 1 aliphatic carbocycles. The summed E-state index contributed by atoms with van der Waals surface area (Å²) in [6, 6.07) is 0. The number of carbonyl (C=O) groups excluding carboxylic acids is 2. The normalized spacial score (nSPS) is 20.3. The summed E-state index contributed by atoms with van der Waals surface area (Å²) in [5.74, 6) is 31.2. The lowest BCUT2D eigenvalue weighted by Crippen LogP contribution is -2.65. The number of esters is 2. The Labute approximate surface area is 367 Å². The minimum absolute atomic E-state index is 0.0811. The van der Waals surface area contributed by atoms with E-state index in [-0.39, 0.29) is 6.42 Å². The monoisotopic (exact) mass is 942 g/mol. The van der Waals surface area contributed by atoms with E-state index < -0.39 is 91.3 Å². The smallest absolute Gasteiger partial charge is 0.456 e. The van der Waals surface area contributed by atoms with E-state index in [0.717, 1.165) is 25.7 Å². The van der Waals surface area contributed by atoms with Gasteiger partial charge in [-0.25, -0.2) is 18.5 Å². The highest BCUT2D eigenvalue weighted by atomic mass is 31.2. The van der Waals surface area contributed by atoms with Gasteiger partial charge < -0.3 is 49.3 Å². The van der Waals surface area contributed by atoms with E-state index in [2.05, 4.69) is 92.9 Å². The van der Waals surface area contributed by atoms with Crippen molar-refractivity contribution < 1.29 is 90.6 Å². The van der Waals surface area contributed by atoms with Crippen molar-refractivity contribution in [2.75, 3.05) is 13.2 Å². The summed E-state index contributed by atoms with van der Waals surface area (Å²) in [6.45, 7) is 1.99. The van der Waals surface area contributed by atoms with Crippen LogP contribution in [0.25, 0.3) is 0 Å². The second-order valence-corrected chi connectivity index (χ2v) is 17.3. The summed E-state index contributed by atoms with van der Waals surface area (Å²) in [4.78, 5) is 72.4. The Bertz CT molecular complexity index is 2070. The van der Waals surface area contributed by atoms with Gasteiger partial charge in [0.2, 0.25) is 0 Å². The molecule has 0 aromatic rings. The molecule has 19 nitrogen and oxygen atoms in total. The molecule has 1 aliphatic rings. The topological polar surface area (TPSA) is 303 Å². The van der Waals surface area contributed by atoms with Crippen LogP contribution in [0.5, 0.6) is 0 Å². The van der Waals surface area contributed by atoms with Crippen molar-refractivity contribution in [3.05, 3.63) is 0 Å². The minimum atomic E-state index is -5.63. The van der Waals surface area contributed by atoms with Gasteiger partial charge in [0.1, 0.15) is 43.2 Å². The van der Waals surface area contributed by atoms with E-state index in [0.29, 0.717) is 12.8 Å². The Morgan fingerprint density at radius 1 is 0.540 bits per heavy atom. The van der Waals surface area contributed by atoms with Crippen LogP contribution in [0.2, 0.25) is 0 Å². The molecule has 0 amide bonds. The van der Waals surface area contributed by atoms with Gasteiger partial charge in [-0.1, -0.05) is 89.9 Å². The maximum Gasteiger partial charge on any atom is 0.472 e. The molecule has 8 N–H and O–H groups in total. The van der Waals surface area contributed by atoms with Crippen molar-refractivity contribution in [2.24, 2.45) is 0 Å². The molecule has 0 spiro atoms. The third-order valence-corrected chi connectivity index (χ3v) is 10.4. The van der Waals surface area contributed by atoms with Gasteiger partial charge in [-0.15, -0.1) is 0 Å². The average molecular weight is 943 g/mol. The fraction of sp³-hybridized carbons (Fsp3) is 0.610. The van der Waals surface area contributed by atoms with E-state index in [1.807, 2.05) is 5.92 Å². The number of ether oxygens (including phenoxy) is 2. The first-order valence-electron chi connectivity index (χ1n) is 19.8. The maximum absolute atomic E-state index is 13.0. The Kier molecular flexibility index (Phi) is 28.9. The van der Waals surface area contributed by atoms with E-state index in [4.69, 9.17) is 18.5 Å². The number of hydrogen-bond acceptors (Lipinski definition) is 14. The van der Waals surface area contributed by atoms with Crippen LogP contribution in [0.15, 0.2) is 0 Å². The summed E-state index contributed by atoms with van der Waals surface area (Å²) in [6.07, 6.45) is -3.06. The minimum Gasteiger partial charge on any atom is -0.456 e. The number of aliphatic hydroxyl groups excluding tert-OH is 3. The van der Waals surface area contributed by atoms with Crippen LogP contribution in [0.3, 0.4) is 0 Å². The average Bonchev–Trinajstić information content (AvgIpc) is 3.20. The van der Waals surface area contributed by atoms with Crippen LogP contribution in [-0.4, -0.2) is 108 Å². The molecule has 0 radical (unpaired) electrons. The second kappa shape index (κ2) is 31.8. The van der Waals surface area contributed by atoms with Crippen LogP contribution >= 0.6 is 23.5 Å². The summed E-state index contributed by atoms with van der Waals surface area (Å²) in [7, 11) is -16.7. The molecule has 1 saturated carbocycles. The lowest BCUT2D eigenvalue weighted by atomic mass is 9.85. The van der Waals surface area contributed by atoms with Gasteiger partial charge in [0, 0.05) is 12.3 Å². The van der Waals surface area contributed by atoms with E-state index in [1.54, 1.807) is 6.92 Å². The first-order valence-corrected chi connectivity index (χ1v) is 24.3. The van der Waals surface area contributed by atoms with Crippen molar-refractivity contribution in [2.45, 2.75) is 146 Å². The highest BCUT2D eigenvalue weighted by molar-refractivity contribution is 7.47. The number of aliphatic hydroxyl groups is 3. The van der Waals surface area contributed by atoms with Crippen LogP contribution < -0.4 is 0 Å². The van der Waals surface area contributed by atoms with Crippen LogP contribution in [0.1, 0.15) is 104 Å². The van der Waals surface area contributed by atoms with Gasteiger partial charge in [-0.3, -0.25) is 22.9 Å². The predicted molar refractivity (Wildman–Crippen MR) is 224 cm³/mol. The quantitative estimate of drug-likeness (QED) is 0.0203. The lowest BCUT2D eigenvalue weighted by Gasteiger charge is -2.44. The summed E-state index contributed by atoms with van der Waals surface area (Å²) in [5.41, 5.74) is 0. The Morgan fingerprint density at radius 2 is 0.952 bits per heavy atom. The highest BCUT2D eigenvalue weighted by Gasteiger charge is 2.56. The standard InChI is InChI=1S/C41H53O19P3/c1-3-5-7-9-11-13-15-17-19-21-23-25-27-29-34(42)55-31-33(57-35(43)30-28-26-24-22-20-18-16-14-12-10-8-6-4-2)32-56-63(53,54)60-39-36(44)37(45)40(58-61(47,48)49)41(38(39)46)59-62(50,51)52/h33,36-41,44-46H,4,6,8,10,12,14,16,18,20,22,24,26,28,30-32H2,1-2H3,(H,53,54)(H2,47,48,49)(H2,50,51,52)/t33-,36?,37-,38+,39?,40+,41?/m0/s1. The second-order valence-electron chi connectivity index (χ2n) is 13.5. The largest absolute Gasteiger partial charge is 0.472 e. The van der Waals surface area contributed by atoms with Crippen molar-refractivity contribution in [3.8, 4) is 82.9 Å². The number of phosphoric acid groups is 3. The van der Waals surface area contributed by atoms with Gasteiger partial charge in [0.05, 0.1) is 6.61 Å². The van der Waals surface area contributed by atoms with E-state index in [9.17, 15) is 63.1 Å². The van der Waals surface area contributed by atoms with Crippen LogP contribution in [-0.2, 0) is 50.9 Å². The van der Waals surface area contributed by atoms with E-state index in [1.165, 1.54) is 44.9 Å². The first-order chi connectivity index (χ1) is 29.8. The zero-order chi connectivity index (χ0) is 47.2. The third kappa shape index (κ3) is 28.5. The number of unbranched alkanes of at least 4 members (excludes halogenated alkanes) is 12. The SMILES string of the molecule is CC#CC#CC#CC#CC#CC#CC#CC(=O)OC[C@@H](COP(=O)(O)OC1C(O)[C@H](O)[C@@H](OP(=O)(O)O)C(OP(=O)(O)O)[C@@H]1O)OC(=O)CCCCCCCCCCCCCCC. The summed E-state index contributed by atoms with van der Waals surface area (Å²) >= 11 is 0. The molecule has 1 fully saturated rings. The van der Waals surface area contributed by atoms with Crippen molar-refractivity contribution in [3.63, 3.8) is 0 Å². The number of hydrogen-bond donors (Lipinski definition) is 8. The van der Waals surface area contributed by atoms with Gasteiger partial charge in [0.25, 0.3) is 0 Å². The number of phosphoric ester groups is 3. The van der Waals surface area contributed by atoms with Gasteiger partial charge in [0.15, 0.2) is 6.10 Å². The van der Waals surface area contributed by atoms with Gasteiger partial charge >= 0.3 is 35.4 Å². The number of carbonyl (C=O) groups is 2. The third-order valence-electron chi connectivity index (χ3n) is 8.38. The maximum atomic E-state index is 13.0. The van der Waals surface area contributed by atoms with Crippen LogP contribution in [0.4, 0.5) is 0 Å². The Balaban J connectivity index is 2.96. The predicted octanol–water partition coefficient (Wildman–Crippen LogP) is 2.52. The highest BCUT2D eigenvalue weighted by Crippen LogP contribution is 2.51. The zero-order valence-corrected chi connectivity index (χ0v) is 37.4. The molecule has 0 saturated heterocycles. The molecule has 8 atom stereocenters. The van der Waals surface area contributed by atoms with Crippen molar-refractivity contribution in [1.29, 1.82) is 0 Å². The molecule has 1 rings (SSSR count). The Morgan fingerprint density at radius 3 is 1.41 bits per heavy atom. The number of rotatable bonds is 26. The molecule has 63 heavy (non-hydrogen) atoms. The van der Waals surface area contributed by atoms with Gasteiger partial charge in [-0.2, -0.15) is 0 Å². The molecule has 22 heteroatoms. The molecule has 0 aromatic carbocycles. The van der Waals surface area contributed by atoms with Gasteiger partial charge in [-0.05, 0) is 84.4 Å². The lowest BCUT2D eigenvalue weighted by molar-refractivity contribution is -0.213. The molecule has 346 valence electrons. The fourth-order valence-electron chi connectivity index (χ4n) is 5.52. The summed E-state index contributed by atoms with van der Waals surface area (Å²) in [5, 5.41) is 31.7. The molecule has 4 unspecified atom stereocenters. The van der Waals surface area contributed by atoms with Crippen LogP contribution in [0, 0.1) is 82.9 Å². The summed E-state index contributed by atoms with van der Waals surface area (Å²) < 4.78 is 64.5. The molecule has 0 aromatic heterocycles. The van der Waals surface area contributed by atoms with E-state index >= 15 is 0 Å². The Hall–Kier alpha value is -3.93. The zero-order valence-electron chi connectivity index (χ0n) is 34.8. The molecular weight excluding hydrogens is 889 g/mol. The molecule has 0 bridgehead atoms. The molecule has 0 aliphatic heterocycles. The molecular formula is C41H53O19P3. The van der Waals surface area contributed by atoms with Crippen molar-refractivity contribution in [1.82, 2.24) is 0 Å². The van der Waals surface area contributed by atoms with Crippen molar-refractivity contribution >= 4 is 35.4 Å².